The van der Waals surface area contributed by atoms with Crippen LogP contribution in [0.25, 0.3) is 0 Å². The van der Waals surface area contributed by atoms with Crippen LogP contribution in [0.15, 0.2) is 18.2 Å². The van der Waals surface area contributed by atoms with E-state index in [9.17, 15) is 0 Å². The molecule has 1 aromatic heterocycles. The Hall–Kier alpha value is -1.01. The molecule has 3 aliphatic rings. The molecule has 6 atom stereocenters. The molecule has 2 heterocycles. The van der Waals surface area contributed by atoms with Gasteiger partial charge in [0.25, 0.3) is 0 Å². The van der Waals surface area contributed by atoms with Gasteiger partial charge in [-0.25, -0.2) is 0 Å². The summed E-state index contributed by atoms with van der Waals surface area (Å²) < 4.78 is 0. The summed E-state index contributed by atoms with van der Waals surface area (Å²) in [5.41, 5.74) is 2.34. The minimum absolute atomic E-state index is 0.283. The first kappa shape index (κ1) is 20.3. The second-order valence-electron chi connectivity index (χ2n) is 9.17. The van der Waals surface area contributed by atoms with Gasteiger partial charge in [0, 0.05) is 49.3 Å². The molecule has 5 heteroatoms. The summed E-state index contributed by atoms with van der Waals surface area (Å²) in [4.78, 5) is 5.06. The molecule has 4 N–H and O–H groups in total. The SMILES string of the molecule is C[C@@H]1N[C@@H]2CCCC[C@H]2NCCN[C@@H]2CCCC[C@H]2N[C@@H](C)c2cccc1n2. The number of hydrogen-bond donors (Lipinski definition) is 4. The van der Waals surface area contributed by atoms with Crippen LogP contribution in [-0.4, -0.2) is 42.2 Å². The number of rotatable bonds is 0. The van der Waals surface area contributed by atoms with E-state index in [1.54, 1.807) is 0 Å². The lowest BCUT2D eigenvalue weighted by Crippen LogP contribution is -2.54. The third-order valence-electron chi connectivity index (χ3n) is 7.08. The highest BCUT2D eigenvalue weighted by molar-refractivity contribution is 5.17. The third kappa shape index (κ3) is 4.93. The maximum atomic E-state index is 5.06. The van der Waals surface area contributed by atoms with Gasteiger partial charge in [-0.05, 0) is 51.7 Å². The van der Waals surface area contributed by atoms with Gasteiger partial charge in [0.1, 0.15) is 0 Å². The lowest BCUT2D eigenvalue weighted by Gasteiger charge is -2.36. The summed E-state index contributed by atoms with van der Waals surface area (Å²) in [7, 11) is 0. The van der Waals surface area contributed by atoms with E-state index in [0.29, 0.717) is 24.2 Å². The van der Waals surface area contributed by atoms with Crippen LogP contribution in [0.2, 0.25) is 0 Å². The van der Waals surface area contributed by atoms with Crippen LogP contribution < -0.4 is 21.3 Å². The highest BCUT2D eigenvalue weighted by atomic mass is 15.1. The van der Waals surface area contributed by atoms with Crippen molar-refractivity contribution in [1.29, 1.82) is 0 Å². The zero-order valence-corrected chi connectivity index (χ0v) is 17.7. The Morgan fingerprint density at radius 3 is 1.57 bits per heavy atom. The Balaban J connectivity index is 1.56. The fourth-order valence-electron chi connectivity index (χ4n) is 5.43. The highest BCUT2D eigenvalue weighted by Crippen LogP contribution is 2.24. The van der Waals surface area contributed by atoms with Gasteiger partial charge in [0.05, 0.1) is 11.4 Å². The second-order valence-corrected chi connectivity index (χ2v) is 9.17. The molecule has 156 valence electrons. The van der Waals surface area contributed by atoms with Crippen molar-refractivity contribution in [3.63, 3.8) is 0 Å². The van der Waals surface area contributed by atoms with Crippen molar-refractivity contribution in [2.24, 2.45) is 0 Å². The Labute approximate surface area is 170 Å². The molecule has 5 nitrogen and oxygen atoms in total. The topological polar surface area (TPSA) is 61.0 Å². The second kappa shape index (κ2) is 9.66. The van der Waals surface area contributed by atoms with Crippen molar-refractivity contribution in [3.8, 4) is 0 Å². The fourth-order valence-corrected chi connectivity index (χ4v) is 5.43. The molecule has 2 aliphatic carbocycles. The summed E-state index contributed by atoms with van der Waals surface area (Å²) in [5.74, 6) is 0. The number of aromatic nitrogens is 1. The van der Waals surface area contributed by atoms with Crippen molar-refractivity contribution in [3.05, 3.63) is 29.6 Å². The summed E-state index contributed by atoms with van der Waals surface area (Å²) in [5, 5.41) is 15.5. The van der Waals surface area contributed by atoms with Crippen molar-refractivity contribution in [2.75, 3.05) is 13.1 Å². The van der Waals surface area contributed by atoms with Crippen LogP contribution in [-0.2, 0) is 0 Å². The summed E-state index contributed by atoms with van der Waals surface area (Å²) in [6, 6.07) is 9.34. The molecule has 0 radical (unpaired) electrons. The predicted molar refractivity (Wildman–Crippen MR) is 115 cm³/mol. The molecule has 0 unspecified atom stereocenters. The number of fused-ring (bicyclic) bond motifs is 4. The quantitative estimate of drug-likeness (QED) is 0.552. The van der Waals surface area contributed by atoms with E-state index in [1.165, 1.54) is 62.8 Å². The van der Waals surface area contributed by atoms with E-state index in [1.807, 2.05) is 0 Å². The van der Waals surface area contributed by atoms with E-state index >= 15 is 0 Å². The average molecular weight is 386 g/mol. The van der Waals surface area contributed by atoms with Gasteiger partial charge in [-0.1, -0.05) is 31.7 Å². The van der Waals surface area contributed by atoms with E-state index in [0.717, 1.165) is 13.1 Å². The van der Waals surface area contributed by atoms with Crippen molar-refractivity contribution in [2.45, 2.75) is 101 Å². The van der Waals surface area contributed by atoms with Gasteiger partial charge in [0.2, 0.25) is 0 Å². The molecule has 28 heavy (non-hydrogen) atoms. The van der Waals surface area contributed by atoms with Crippen molar-refractivity contribution < 1.29 is 0 Å². The predicted octanol–water partition coefficient (Wildman–Crippen LogP) is 3.20. The molecule has 0 spiro atoms. The number of pyridine rings is 1. The number of nitrogens with one attached hydrogen (secondary N) is 4. The lowest BCUT2D eigenvalue weighted by molar-refractivity contribution is 0.254. The molecule has 4 rings (SSSR count). The minimum atomic E-state index is 0.283. The Morgan fingerprint density at radius 1 is 0.679 bits per heavy atom. The minimum Gasteiger partial charge on any atom is -0.311 e. The monoisotopic (exact) mass is 385 g/mol. The van der Waals surface area contributed by atoms with Gasteiger partial charge >= 0.3 is 0 Å². The first-order valence-electron chi connectivity index (χ1n) is 11.7. The first-order valence-corrected chi connectivity index (χ1v) is 11.7. The molecule has 2 saturated carbocycles. The van der Waals surface area contributed by atoms with E-state index in [-0.39, 0.29) is 12.1 Å². The standard InChI is InChI=1S/C23H39N5/c1-16-18-12-7-13-19(28-18)17(2)27-23-11-6-4-9-21(23)25-15-14-24-20-8-3-5-10-22(20)26-16/h7,12-13,16-17,20-27H,3-6,8-11,14-15H2,1-2H3/t16-,17-,20+,21+,22+,23+/m0/s1. The van der Waals surface area contributed by atoms with E-state index in [2.05, 4.69) is 53.3 Å². The molecular weight excluding hydrogens is 346 g/mol. The van der Waals surface area contributed by atoms with Crippen LogP contribution in [0.5, 0.6) is 0 Å². The van der Waals surface area contributed by atoms with Gasteiger partial charge < -0.3 is 21.3 Å². The molecule has 1 aliphatic heterocycles. The highest BCUT2D eigenvalue weighted by Gasteiger charge is 2.29. The average Bonchev–Trinajstić information content (AvgIpc) is 2.73. The van der Waals surface area contributed by atoms with Gasteiger partial charge in [-0.2, -0.15) is 0 Å². The fraction of sp³-hybridized carbons (Fsp3) is 0.783. The van der Waals surface area contributed by atoms with Crippen molar-refractivity contribution in [1.82, 2.24) is 26.3 Å². The zero-order chi connectivity index (χ0) is 19.3. The smallest absolute Gasteiger partial charge is 0.0574 e. The van der Waals surface area contributed by atoms with Crippen LogP contribution in [0.3, 0.4) is 0 Å². The number of nitrogens with zero attached hydrogens (tertiary/aromatic N) is 1. The van der Waals surface area contributed by atoms with Crippen LogP contribution in [0.4, 0.5) is 0 Å². The summed E-state index contributed by atoms with van der Waals surface area (Å²) in [6.07, 6.45) is 10.4. The lowest BCUT2D eigenvalue weighted by atomic mass is 9.89. The van der Waals surface area contributed by atoms with E-state index in [4.69, 9.17) is 4.98 Å². The Kier molecular flexibility index (Phi) is 6.99. The Bertz CT molecular complexity index is 572. The molecule has 0 aromatic carbocycles. The molecular formula is C23H39N5. The molecule has 0 saturated heterocycles. The van der Waals surface area contributed by atoms with Crippen LogP contribution >= 0.6 is 0 Å². The maximum Gasteiger partial charge on any atom is 0.0574 e. The third-order valence-corrected chi connectivity index (χ3v) is 7.08. The zero-order valence-electron chi connectivity index (χ0n) is 17.7. The molecule has 1 aromatic rings. The summed E-state index contributed by atoms with van der Waals surface area (Å²) in [6.45, 7) is 6.66. The first-order chi connectivity index (χ1) is 13.7. The molecule has 0 amide bonds. The normalized spacial score (nSPS) is 37.8. The van der Waals surface area contributed by atoms with E-state index < -0.39 is 0 Å². The van der Waals surface area contributed by atoms with Crippen LogP contribution in [0, 0.1) is 0 Å². The molecule has 2 fully saturated rings. The number of hydrogen-bond acceptors (Lipinski definition) is 5. The van der Waals surface area contributed by atoms with Gasteiger partial charge in [-0.3, -0.25) is 4.98 Å². The van der Waals surface area contributed by atoms with Gasteiger partial charge in [0.15, 0.2) is 0 Å². The molecule has 2 bridgehead atoms. The van der Waals surface area contributed by atoms with Gasteiger partial charge in [-0.15, -0.1) is 0 Å². The largest absolute Gasteiger partial charge is 0.311 e. The Morgan fingerprint density at radius 2 is 1.11 bits per heavy atom. The maximum absolute atomic E-state index is 5.06. The summed E-state index contributed by atoms with van der Waals surface area (Å²) >= 11 is 0. The van der Waals surface area contributed by atoms with Crippen LogP contribution in [0.1, 0.15) is 88.7 Å². The van der Waals surface area contributed by atoms with Crippen molar-refractivity contribution >= 4 is 0 Å².